The number of allylic oxidation sites excluding steroid dienone is 2. The summed E-state index contributed by atoms with van der Waals surface area (Å²) in [7, 11) is -1.27. The molecule has 1 aromatic rings. The van der Waals surface area contributed by atoms with Gasteiger partial charge in [-0.05, 0) is 12.1 Å². The number of aromatic nitrogens is 2. The van der Waals surface area contributed by atoms with Crippen molar-refractivity contribution in [2.75, 3.05) is 6.61 Å². The van der Waals surface area contributed by atoms with Crippen molar-refractivity contribution >= 4 is 8.07 Å². The third-order valence-electron chi connectivity index (χ3n) is 3.68. The summed E-state index contributed by atoms with van der Waals surface area (Å²) >= 11 is 0. The molecule has 0 bridgehead atoms. The Hall–Kier alpha value is -1.74. The molecule has 1 aromatic heterocycles. The van der Waals surface area contributed by atoms with Crippen LogP contribution >= 0.6 is 0 Å². The van der Waals surface area contributed by atoms with E-state index in [1.807, 2.05) is 0 Å². The number of ether oxygens (including phenoxy) is 2. The van der Waals surface area contributed by atoms with Gasteiger partial charge in [-0.25, -0.2) is 4.68 Å². The second kappa shape index (κ2) is 9.45. The molecular formula is C18H29F3N2O3Si. The predicted molar refractivity (Wildman–Crippen MR) is 101 cm³/mol. The summed E-state index contributed by atoms with van der Waals surface area (Å²) < 4.78 is 51.8. The quantitative estimate of drug-likeness (QED) is 0.247. The van der Waals surface area contributed by atoms with Crippen molar-refractivity contribution in [2.24, 2.45) is 5.92 Å². The molecular weight excluding hydrogens is 377 g/mol. The zero-order valence-corrected chi connectivity index (χ0v) is 17.6. The number of alkyl halides is 3. The van der Waals surface area contributed by atoms with E-state index >= 15 is 0 Å². The number of nitrogens with zero attached hydrogens (tertiary/aromatic N) is 2. The number of hydrogen-bond donors (Lipinski definition) is 1. The van der Waals surface area contributed by atoms with Crippen LogP contribution in [0.25, 0.3) is 0 Å². The van der Waals surface area contributed by atoms with Crippen LogP contribution in [0, 0.1) is 5.92 Å². The lowest BCUT2D eigenvalue weighted by Gasteiger charge is -2.15. The van der Waals surface area contributed by atoms with Crippen molar-refractivity contribution in [1.29, 1.82) is 0 Å². The second-order valence-corrected chi connectivity index (χ2v) is 13.4. The van der Waals surface area contributed by atoms with Crippen LogP contribution < -0.4 is 0 Å². The van der Waals surface area contributed by atoms with Crippen LogP contribution in [0.3, 0.4) is 0 Å². The van der Waals surface area contributed by atoms with E-state index in [4.69, 9.17) is 9.47 Å². The lowest BCUT2D eigenvalue weighted by molar-refractivity contribution is -0.142. The molecule has 0 fully saturated rings. The van der Waals surface area contributed by atoms with Crippen molar-refractivity contribution in [3.63, 3.8) is 0 Å². The average molecular weight is 407 g/mol. The largest absolute Gasteiger partial charge is 0.504 e. The number of hydrogen-bond acceptors (Lipinski definition) is 4. The van der Waals surface area contributed by atoms with E-state index in [0.717, 1.165) is 10.7 Å². The molecule has 0 amide bonds. The van der Waals surface area contributed by atoms with Crippen molar-refractivity contribution < 1.29 is 27.8 Å². The molecule has 0 saturated carbocycles. The fourth-order valence-electron chi connectivity index (χ4n) is 2.20. The first kappa shape index (κ1) is 23.3. The molecule has 0 radical (unpaired) electrons. The number of aliphatic hydroxyl groups excluding tert-OH is 1. The normalized spacial score (nSPS) is 13.7. The summed E-state index contributed by atoms with van der Waals surface area (Å²) in [5.41, 5.74) is -1.14. The number of aliphatic hydroxyl groups is 1. The first-order valence-electron chi connectivity index (χ1n) is 8.74. The monoisotopic (exact) mass is 406 g/mol. The van der Waals surface area contributed by atoms with E-state index in [1.165, 1.54) is 12.3 Å². The van der Waals surface area contributed by atoms with Gasteiger partial charge in [0.25, 0.3) is 0 Å². The molecule has 0 unspecified atom stereocenters. The summed E-state index contributed by atoms with van der Waals surface area (Å²) in [6.07, 6.45) is -2.15. The molecule has 0 aliphatic rings. The highest BCUT2D eigenvalue weighted by molar-refractivity contribution is 6.76. The minimum atomic E-state index is -4.61. The van der Waals surface area contributed by atoms with Crippen LogP contribution in [0.15, 0.2) is 30.4 Å². The van der Waals surface area contributed by atoms with Gasteiger partial charge in [-0.1, -0.05) is 40.1 Å². The molecule has 0 atom stereocenters. The first-order chi connectivity index (χ1) is 12.3. The van der Waals surface area contributed by atoms with Crippen LogP contribution in [0.1, 0.15) is 25.1 Å². The second-order valence-electron chi connectivity index (χ2n) is 7.79. The fourth-order valence-corrected chi connectivity index (χ4v) is 2.96. The molecule has 1 rings (SSSR count). The maximum absolute atomic E-state index is 13.3. The zero-order valence-electron chi connectivity index (χ0n) is 16.6. The lowest BCUT2D eigenvalue weighted by atomic mass is 10.1. The summed E-state index contributed by atoms with van der Waals surface area (Å²) in [4.78, 5) is 0. The van der Waals surface area contributed by atoms with E-state index < -0.39 is 19.9 Å². The summed E-state index contributed by atoms with van der Waals surface area (Å²) in [6, 6.07) is 0.916. The van der Waals surface area contributed by atoms with Gasteiger partial charge in [0, 0.05) is 32.4 Å². The van der Waals surface area contributed by atoms with Crippen molar-refractivity contribution in [3.05, 3.63) is 41.6 Å². The highest BCUT2D eigenvalue weighted by Crippen LogP contribution is 2.32. The molecule has 0 aliphatic heterocycles. The topological polar surface area (TPSA) is 56.5 Å². The number of rotatable bonds is 10. The molecule has 0 aliphatic carbocycles. The molecule has 0 aromatic carbocycles. The third kappa shape index (κ3) is 7.80. The molecule has 154 valence electrons. The van der Waals surface area contributed by atoms with Gasteiger partial charge in [-0.3, -0.25) is 0 Å². The maximum Gasteiger partial charge on any atom is 0.435 e. The van der Waals surface area contributed by atoms with Crippen LogP contribution in [-0.4, -0.2) is 29.6 Å². The van der Waals surface area contributed by atoms with Crippen LogP contribution in [0.5, 0.6) is 0 Å². The average Bonchev–Trinajstić information content (AvgIpc) is 2.93. The third-order valence-corrected chi connectivity index (χ3v) is 5.38. The van der Waals surface area contributed by atoms with Crippen molar-refractivity contribution in [3.8, 4) is 0 Å². The molecule has 27 heavy (non-hydrogen) atoms. The van der Waals surface area contributed by atoms with E-state index in [2.05, 4.69) is 31.3 Å². The smallest absolute Gasteiger partial charge is 0.435 e. The van der Waals surface area contributed by atoms with Crippen molar-refractivity contribution in [1.82, 2.24) is 9.78 Å². The molecule has 5 nitrogen and oxygen atoms in total. The van der Waals surface area contributed by atoms with Crippen molar-refractivity contribution in [2.45, 2.75) is 59.0 Å². The molecule has 1 N–H and O–H groups in total. The van der Waals surface area contributed by atoms with Crippen LogP contribution in [0.2, 0.25) is 25.7 Å². The molecule has 0 spiro atoms. The van der Waals surface area contributed by atoms with Gasteiger partial charge in [0.1, 0.15) is 19.1 Å². The van der Waals surface area contributed by atoms with E-state index in [9.17, 15) is 18.3 Å². The Morgan fingerprint density at radius 1 is 1.37 bits per heavy atom. The highest BCUT2D eigenvalue weighted by atomic mass is 28.3. The Kier molecular flexibility index (Phi) is 8.16. The zero-order chi connectivity index (χ0) is 20.8. The predicted octanol–water partition coefficient (Wildman–Crippen LogP) is 5.34. The lowest BCUT2D eigenvalue weighted by Crippen LogP contribution is -2.22. The SMILES string of the molecule is C=C/C(O)=C(\OCc1cn(COCC[Si](C)(C)C)nc1C(F)(F)F)C(C)C. The molecule has 1 heterocycles. The minimum Gasteiger partial charge on any atom is -0.504 e. The Balaban J connectivity index is 2.89. The Morgan fingerprint density at radius 2 is 2.00 bits per heavy atom. The number of halogens is 3. The fraction of sp³-hybridized carbons (Fsp3) is 0.611. The first-order valence-corrected chi connectivity index (χ1v) is 12.5. The Bertz CT molecular complexity index is 662. The Labute approximate surface area is 159 Å². The minimum absolute atomic E-state index is 0.0572. The van der Waals surface area contributed by atoms with Gasteiger partial charge in [-0.15, -0.1) is 0 Å². The Morgan fingerprint density at radius 3 is 2.48 bits per heavy atom. The molecule has 0 saturated heterocycles. The summed E-state index contributed by atoms with van der Waals surface area (Å²) in [6.45, 7) is 13.6. The van der Waals surface area contributed by atoms with Gasteiger partial charge in [0.15, 0.2) is 11.5 Å². The van der Waals surface area contributed by atoms with Crippen LogP contribution in [-0.2, 0) is 29.0 Å². The standard InChI is InChI=1S/C18H29F3N2O3Si/c1-7-15(24)16(13(2)3)26-11-14-10-23(22-17(14)18(19,20)21)12-25-8-9-27(4,5)6/h7,10,13,24H,1,8-9,11-12H2,2-6H3/b16-15+. The van der Waals surface area contributed by atoms with Gasteiger partial charge >= 0.3 is 6.18 Å². The van der Waals surface area contributed by atoms with Gasteiger partial charge < -0.3 is 14.6 Å². The highest BCUT2D eigenvalue weighted by Gasteiger charge is 2.37. The van der Waals surface area contributed by atoms with E-state index in [1.54, 1.807) is 13.8 Å². The van der Waals surface area contributed by atoms with E-state index in [0.29, 0.717) is 6.61 Å². The summed E-state index contributed by atoms with van der Waals surface area (Å²) in [5, 5.41) is 13.4. The van der Waals surface area contributed by atoms with E-state index in [-0.39, 0.29) is 36.3 Å². The van der Waals surface area contributed by atoms with Gasteiger partial charge in [-0.2, -0.15) is 18.3 Å². The maximum atomic E-state index is 13.3. The molecule has 9 heteroatoms. The summed E-state index contributed by atoms with van der Waals surface area (Å²) in [5.74, 6) is -0.227. The van der Waals surface area contributed by atoms with Crippen LogP contribution in [0.4, 0.5) is 13.2 Å². The van der Waals surface area contributed by atoms with Gasteiger partial charge in [0.05, 0.1) is 0 Å². The van der Waals surface area contributed by atoms with Gasteiger partial charge in [0.2, 0.25) is 0 Å².